The lowest BCUT2D eigenvalue weighted by Crippen LogP contribution is -2.46. The second kappa shape index (κ2) is 8.06. The summed E-state index contributed by atoms with van der Waals surface area (Å²) in [6.07, 6.45) is 1.51. The Morgan fingerprint density at radius 2 is 1.94 bits per heavy atom. The molecule has 0 aromatic rings. The van der Waals surface area contributed by atoms with Crippen LogP contribution in [0.5, 0.6) is 0 Å². The molecule has 3 N–H and O–H groups in total. The van der Waals surface area contributed by atoms with Crippen molar-refractivity contribution in [1.29, 1.82) is 0 Å². The van der Waals surface area contributed by atoms with Gasteiger partial charge in [0.15, 0.2) is 0 Å². The molecule has 5 heteroatoms. The number of likely N-dealkylation sites (N-methyl/N-ethyl adjacent to an activating group) is 1. The molecule has 0 unspecified atom stereocenters. The van der Waals surface area contributed by atoms with Gasteiger partial charge in [-0.1, -0.05) is 27.2 Å². The number of carbonyl (C=O) groups is 2. The molecule has 2 amide bonds. The number of nitrogens with zero attached hydrogens (tertiary/aromatic N) is 1. The largest absolute Gasteiger partial charge is 0.354 e. The van der Waals surface area contributed by atoms with Crippen LogP contribution >= 0.6 is 0 Å². The topological polar surface area (TPSA) is 75.4 Å². The van der Waals surface area contributed by atoms with Gasteiger partial charge in [0.2, 0.25) is 11.8 Å². The lowest BCUT2D eigenvalue weighted by atomic mass is 10.1. The average Bonchev–Trinajstić information content (AvgIpc) is 2.25. The van der Waals surface area contributed by atoms with E-state index in [2.05, 4.69) is 5.32 Å². The Balaban J connectivity index is 4.02. The summed E-state index contributed by atoms with van der Waals surface area (Å²) in [5, 5.41) is 2.77. The van der Waals surface area contributed by atoms with E-state index in [4.69, 9.17) is 5.73 Å². The van der Waals surface area contributed by atoms with E-state index >= 15 is 0 Å². The van der Waals surface area contributed by atoms with Crippen LogP contribution in [0.3, 0.4) is 0 Å². The van der Waals surface area contributed by atoms with Crippen molar-refractivity contribution in [2.75, 3.05) is 20.1 Å². The molecule has 0 aliphatic heterocycles. The van der Waals surface area contributed by atoms with Crippen LogP contribution in [0.25, 0.3) is 0 Å². The van der Waals surface area contributed by atoms with Gasteiger partial charge in [0.05, 0.1) is 12.6 Å². The lowest BCUT2D eigenvalue weighted by Gasteiger charge is -2.20. The van der Waals surface area contributed by atoms with Gasteiger partial charge in [0, 0.05) is 13.6 Å². The first-order chi connectivity index (χ1) is 7.88. The standard InChI is InChI=1S/C12H25N3O2/c1-5-6-10(13)12(17)15(4)8-11(16)14-7-9(2)3/h9-10H,5-8,13H2,1-4H3,(H,14,16)/t10-/m1/s1. The first-order valence-corrected chi connectivity index (χ1v) is 6.15. The molecule has 0 heterocycles. The maximum absolute atomic E-state index is 11.7. The molecule has 0 saturated heterocycles. The summed E-state index contributed by atoms with van der Waals surface area (Å²) in [5.74, 6) is 0.0899. The molecule has 1 atom stereocenters. The van der Waals surface area contributed by atoms with Crippen LogP contribution in [-0.4, -0.2) is 42.9 Å². The van der Waals surface area contributed by atoms with Gasteiger partial charge in [0.25, 0.3) is 0 Å². The van der Waals surface area contributed by atoms with E-state index in [9.17, 15) is 9.59 Å². The molecule has 0 saturated carbocycles. The van der Waals surface area contributed by atoms with Gasteiger partial charge in [-0.3, -0.25) is 9.59 Å². The van der Waals surface area contributed by atoms with E-state index in [1.54, 1.807) is 7.05 Å². The van der Waals surface area contributed by atoms with E-state index in [-0.39, 0.29) is 18.4 Å². The highest BCUT2D eigenvalue weighted by molar-refractivity contribution is 5.87. The van der Waals surface area contributed by atoms with Gasteiger partial charge < -0.3 is 16.0 Å². The van der Waals surface area contributed by atoms with Crippen molar-refractivity contribution in [3.05, 3.63) is 0 Å². The monoisotopic (exact) mass is 243 g/mol. The van der Waals surface area contributed by atoms with Gasteiger partial charge in [-0.25, -0.2) is 0 Å². The number of amides is 2. The Bertz CT molecular complexity index is 254. The molecule has 0 aliphatic rings. The molecule has 5 nitrogen and oxygen atoms in total. The first kappa shape index (κ1) is 15.9. The molecular weight excluding hydrogens is 218 g/mol. The maximum atomic E-state index is 11.7. The van der Waals surface area contributed by atoms with E-state index < -0.39 is 6.04 Å². The van der Waals surface area contributed by atoms with Gasteiger partial charge in [-0.05, 0) is 12.3 Å². The first-order valence-electron chi connectivity index (χ1n) is 6.15. The van der Waals surface area contributed by atoms with Crippen molar-refractivity contribution < 1.29 is 9.59 Å². The van der Waals surface area contributed by atoms with Gasteiger partial charge in [0.1, 0.15) is 0 Å². The minimum atomic E-state index is -0.497. The molecule has 0 radical (unpaired) electrons. The van der Waals surface area contributed by atoms with Gasteiger partial charge >= 0.3 is 0 Å². The van der Waals surface area contributed by atoms with Crippen molar-refractivity contribution in [1.82, 2.24) is 10.2 Å². The molecule has 0 rings (SSSR count). The fraction of sp³-hybridized carbons (Fsp3) is 0.833. The summed E-state index contributed by atoms with van der Waals surface area (Å²) in [6.45, 7) is 6.71. The third-order valence-electron chi connectivity index (χ3n) is 2.38. The van der Waals surface area contributed by atoms with Crippen molar-refractivity contribution in [3.8, 4) is 0 Å². The zero-order valence-electron chi connectivity index (χ0n) is 11.3. The Hall–Kier alpha value is -1.10. The van der Waals surface area contributed by atoms with Gasteiger partial charge in [-0.2, -0.15) is 0 Å². The molecule has 17 heavy (non-hydrogen) atoms. The summed E-state index contributed by atoms with van der Waals surface area (Å²) in [4.78, 5) is 24.6. The van der Waals surface area contributed by atoms with Crippen LogP contribution < -0.4 is 11.1 Å². The Morgan fingerprint density at radius 3 is 2.41 bits per heavy atom. The number of hydrogen-bond acceptors (Lipinski definition) is 3. The normalized spacial score (nSPS) is 12.4. The SMILES string of the molecule is CCC[C@@H](N)C(=O)N(C)CC(=O)NCC(C)C. The number of rotatable bonds is 7. The number of carbonyl (C=O) groups excluding carboxylic acids is 2. The Kier molecular flexibility index (Phi) is 7.54. The van der Waals surface area contributed by atoms with Crippen molar-refractivity contribution in [2.45, 2.75) is 39.7 Å². The van der Waals surface area contributed by atoms with Crippen LogP contribution in [0.4, 0.5) is 0 Å². The molecule has 0 aromatic carbocycles. The zero-order chi connectivity index (χ0) is 13.4. The summed E-state index contributed by atoms with van der Waals surface area (Å²) in [6, 6.07) is -0.497. The zero-order valence-corrected chi connectivity index (χ0v) is 11.3. The number of nitrogens with two attached hydrogens (primary N) is 1. The number of hydrogen-bond donors (Lipinski definition) is 2. The lowest BCUT2D eigenvalue weighted by molar-refractivity contribution is -0.135. The van der Waals surface area contributed by atoms with E-state index in [1.807, 2.05) is 20.8 Å². The third kappa shape index (κ3) is 6.94. The smallest absolute Gasteiger partial charge is 0.239 e. The van der Waals surface area contributed by atoms with Crippen molar-refractivity contribution in [2.24, 2.45) is 11.7 Å². The summed E-state index contributed by atoms with van der Waals surface area (Å²) < 4.78 is 0. The second-order valence-electron chi connectivity index (χ2n) is 4.79. The maximum Gasteiger partial charge on any atom is 0.239 e. The van der Waals surface area contributed by atoms with Crippen LogP contribution in [-0.2, 0) is 9.59 Å². The quantitative estimate of drug-likeness (QED) is 0.677. The Labute approximate surface area is 104 Å². The highest BCUT2D eigenvalue weighted by atomic mass is 16.2. The minimum Gasteiger partial charge on any atom is -0.354 e. The summed E-state index contributed by atoms with van der Waals surface area (Å²) in [7, 11) is 1.60. The van der Waals surface area contributed by atoms with Crippen molar-refractivity contribution in [3.63, 3.8) is 0 Å². The van der Waals surface area contributed by atoms with Crippen molar-refractivity contribution >= 4 is 11.8 Å². The van der Waals surface area contributed by atoms with E-state index in [0.717, 1.165) is 6.42 Å². The Morgan fingerprint density at radius 1 is 1.35 bits per heavy atom. The van der Waals surface area contributed by atoms with E-state index in [0.29, 0.717) is 18.9 Å². The predicted molar refractivity (Wildman–Crippen MR) is 68.4 cm³/mol. The molecule has 0 aromatic heterocycles. The number of nitrogens with one attached hydrogen (secondary N) is 1. The second-order valence-corrected chi connectivity index (χ2v) is 4.79. The molecule has 0 fully saturated rings. The molecule has 0 aliphatic carbocycles. The van der Waals surface area contributed by atoms with Crippen LogP contribution in [0, 0.1) is 5.92 Å². The van der Waals surface area contributed by atoms with Crippen LogP contribution in [0.15, 0.2) is 0 Å². The predicted octanol–water partition coefficient (Wildman–Crippen LogP) is 0.344. The fourth-order valence-corrected chi connectivity index (χ4v) is 1.38. The summed E-state index contributed by atoms with van der Waals surface area (Å²) in [5.41, 5.74) is 5.70. The minimum absolute atomic E-state index is 0.0724. The average molecular weight is 243 g/mol. The summed E-state index contributed by atoms with van der Waals surface area (Å²) >= 11 is 0. The highest BCUT2D eigenvalue weighted by Gasteiger charge is 2.18. The van der Waals surface area contributed by atoms with Crippen LogP contribution in [0.2, 0.25) is 0 Å². The molecular formula is C12H25N3O2. The molecule has 0 bridgehead atoms. The molecule has 100 valence electrons. The molecule has 0 spiro atoms. The van der Waals surface area contributed by atoms with Gasteiger partial charge in [-0.15, -0.1) is 0 Å². The van der Waals surface area contributed by atoms with Crippen LogP contribution in [0.1, 0.15) is 33.6 Å². The van der Waals surface area contributed by atoms with E-state index in [1.165, 1.54) is 4.90 Å². The highest BCUT2D eigenvalue weighted by Crippen LogP contribution is 1.98. The fourth-order valence-electron chi connectivity index (χ4n) is 1.38. The third-order valence-corrected chi connectivity index (χ3v) is 2.38.